The molecule has 1 aromatic heterocycles. The van der Waals surface area contributed by atoms with Crippen LogP contribution < -0.4 is 4.90 Å². The van der Waals surface area contributed by atoms with Crippen molar-refractivity contribution in [3.63, 3.8) is 0 Å². The first-order valence-electron chi connectivity index (χ1n) is 7.41. The number of halogens is 1. The Morgan fingerprint density at radius 3 is 2.79 bits per heavy atom. The standard InChI is InChI=1S/C18H16BrNO3S/c1-3-8-20-14-6-5-12(19)9-13(14)18(23,17(20)22)10-15(21)16-7-4-11(2)24-16/h3-7,9,23H,1,8,10H2,2H3/t18-/m1/s1. The number of anilines is 1. The number of aryl methyl sites for hydroxylation is 1. The highest BCUT2D eigenvalue weighted by molar-refractivity contribution is 9.10. The molecular weight excluding hydrogens is 390 g/mol. The fourth-order valence-electron chi connectivity index (χ4n) is 2.91. The van der Waals surface area contributed by atoms with Crippen LogP contribution in [-0.4, -0.2) is 23.3 Å². The maximum atomic E-state index is 12.8. The molecule has 0 radical (unpaired) electrons. The molecule has 2 aromatic rings. The summed E-state index contributed by atoms with van der Waals surface area (Å²) in [6.45, 7) is 5.85. The smallest absolute Gasteiger partial charge is 0.264 e. The minimum Gasteiger partial charge on any atom is -0.375 e. The Labute approximate surface area is 152 Å². The molecule has 0 saturated carbocycles. The first-order chi connectivity index (χ1) is 11.4. The minimum absolute atomic E-state index is 0.240. The van der Waals surface area contributed by atoms with Gasteiger partial charge in [0.15, 0.2) is 11.4 Å². The number of carbonyl (C=O) groups excluding carboxylic acids is 2. The summed E-state index contributed by atoms with van der Waals surface area (Å²) in [7, 11) is 0. The lowest BCUT2D eigenvalue weighted by Gasteiger charge is -2.21. The quantitative estimate of drug-likeness (QED) is 0.607. The molecule has 3 rings (SSSR count). The van der Waals surface area contributed by atoms with E-state index >= 15 is 0 Å². The molecule has 1 amide bonds. The Morgan fingerprint density at radius 2 is 2.17 bits per heavy atom. The van der Waals surface area contributed by atoms with Gasteiger partial charge in [-0.25, -0.2) is 0 Å². The van der Waals surface area contributed by atoms with Crippen LogP contribution in [0.4, 0.5) is 5.69 Å². The van der Waals surface area contributed by atoms with Crippen molar-refractivity contribution in [2.45, 2.75) is 18.9 Å². The summed E-state index contributed by atoms with van der Waals surface area (Å²) >= 11 is 4.73. The van der Waals surface area contributed by atoms with Gasteiger partial charge in [-0.3, -0.25) is 9.59 Å². The van der Waals surface area contributed by atoms with E-state index in [1.165, 1.54) is 16.2 Å². The molecule has 1 atom stereocenters. The summed E-state index contributed by atoms with van der Waals surface area (Å²) in [6.07, 6.45) is 1.32. The van der Waals surface area contributed by atoms with Crippen LogP contribution in [0.15, 0.2) is 47.5 Å². The summed E-state index contributed by atoms with van der Waals surface area (Å²) in [5, 5.41) is 11.1. The largest absolute Gasteiger partial charge is 0.375 e. The molecule has 0 saturated heterocycles. The van der Waals surface area contributed by atoms with Crippen molar-refractivity contribution in [3.05, 3.63) is 62.8 Å². The zero-order valence-corrected chi connectivity index (χ0v) is 15.5. The van der Waals surface area contributed by atoms with Crippen LogP contribution in [0.2, 0.25) is 0 Å². The molecule has 24 heavy (non-hydrogen) atoms. The lowest BCUT2D eigenvalue weighted by molar-refractivity contribution is -0.135. The predicted molar refractivity (Wildman–Crippen MR) is 98.6 cm³/mol. The normalized spacial score (nSPS) is 19.5. The van der Waals surface area contributed by atoms with E-state index in [0.29, 0.717) is 16.1 Å². The number of ketones is 1. The predicted octanol–water partition coefficient (Wildman–Crippen LogP) is 3.81. The third-order valence-corrected chi connectivity index (χ3v) is 5.57. The molecule has 124 valence electrons. The fraction of sp³-hybridized carbons (Fsp3) is 0.222. The molecule has 1 aliphatic rings. The molecule has 0 aliphatic carbocycles. The number of benzene rings is 1. The van der Waals surface area contributed by atoms with Crippen molar-refractivity contribution < 1.29 is 14.7 Å². The summed E-state index contributed by atoms with van der Waals surface area (Å²) in [5.41, 5.74) is -0.789. The molecule has 1 aromatic carbocycles. The van der Waals surface area contributed by atoms with Gasteiger partial charge < -0.3 is 10.0 Å². The maximum Gasteiger partial charge on any atom is 0.264 e. The molecule has 0 unspecified atom stereocenters. The third kappa shape index (κ3) is 2.75. The van der Waals surface area contributed by atoms with Crippen LogP contribution >= 0.6 is 27.3 Å². The number of aliphatic hydroxyl groups is 1. The van der Waals surface area contributed by atoms with Gasteiger partial charge in [0.1, 0.15) is 0 Å². The van der Waals surface area contributed by atoms with E-state index in [0.717, 1.165) is 9.35 Å². The summed E-state index contributed by atoms with van der Waals surface area (Å²) < 4.78 is 0.743. The molecular formula is C18H16BrNO3S. The second-order valence-electron chi connectivity index (χ2n) is 5.74. The number of rotatable bonds is 5. The van der Waals surface area contributed by atoms with Gasteiger partial charge in [-0.15, -0.1) is 17.9 Å². The van der Waals surface area contributed by atoms with Crippen LogP contribution in [0.3, 0.4) is 0 Å². The molecule has 6 heteroatoms. The molecule has 2 heterocycles. The monoisotopic (exact) mass is 405 g/mol. The SMILES string of the molecule is C=CCN1C(=O)[C@@](O)(CC(=O)c2ccc(C)s2)c2cc(Br)ccc21. The van der Waals surface area contributed by atoms with E-state index in [2.05, 4.69) is 22.5 Å². The van der Waals surface area contributed by atoms with E-state index in [1.54, 1.807) is 30.3 Å². The number of hydrogen-bond donors (Lipinski definition) is 1. The lowest BCUT2D eigenvalue weighted by Crippen LogP contribution is -2.41. The van der Waals surface area contributed by atoms with E-state index in [-0.39, 0.29) is 18.7 Å². The maximum absolute atomic E-state index is 12.8. The highest BCUT2D eigenvalue weighted by Gasteiger charge is 2.50. The van der Waals surface area contributed by atoms with Gasteiger partial charge in [-0.2, -0.15) is 0 Å². The van der Waals surface area contributed by atoms with Gasteiger partial charge in [0, 0.05) is 21.5 Å². The van der Waals surface area contributed by atoms with Crippen LogP contribution in [0.25, 0.3) is 0 Å². The van der Waals surface area contributed by atoms with E-state index < -0.39 is 11.5 Å². The Balaban J connectivity index is 2.02. The van der Waals surface area contributed by atoms with Gasteiger partial charge in [-0.05, 0) is 37.3 Å². The Morgan fingerprint density at radius 1 is 1.42 bits per heavy atom. The Hall–Kier alpha value is -1.76. The second-order valence-corrected chi connectivity index (χ2v) is 7.94. The number of hydrogen-bond acceptors (Lipinski definition) is 4. The number of thiophene rings is 1. The number of fused-ring (bicyclic) bond motifs is 1. The van der Waals surface area contributed by atoms with E-state index in [4.69, 9.17) is 0 Å². The molecule has 0 fully saturated rings. The summed E-state index contributed by atoms with van der Waals surface area (Å²) in [5.74, 6) is -0.729. The van der Waals surface area contributed by atoms with Crippen molar-refractivity contribution in [1.82, 2.24) is 0 Å². The topological polar surface area (TPSA) is 57.6 Å². The third-order valence-electron chi connectivity index (χ3n) is 4.04. The lowest BCUT2D eigenvalue weighted by atomic mass is 9.89. The van der Waals surface area contributed by atoms with Crippen LogP contribution in [-0.2, 0) is 10.4 Å². The fourth-order valence-corrected chi connectivity index (χ4v) is 4.07. The van der Waals surface area contributed by atoms with Crippen LogP contribution in [0.1, 0.15) is 26.5 Å². The zero-order chi connectivity index (χ0) is 17.5. The molecule has 0 bridgehead atoms. The highest BCUT2D eigenvalue weighted by Crippen LogP contribution is 2.44. The van der Waals surface area contributed by atoms with Gasteiger partial charge in [-0.1, -0.05) is 22.0 Å². The van der Waals surface area contributed by atoms with E-state index in [1.807, 2.05) is 13.0 Å². The van der Waals surface area contributed by atoms with Crippen LogP contribution in [0.5, 0.6) is 0 Å². The molecule has 0 spiro atoms. The number of carbonyl (C=O) groups is 2. The minimum atomic E-state index is -1.85. The van der Waals surface area contributed by atoms with Crippen molar-refractivity contribution in [1.29, 1.82) is 0 Å². The first-order valence-corrected chi connectivity index (χ1v) is 9.02. The highest BCUT2D eigenvalue weighted by atomic mass is 79.9. The number of Topliss-reactive ketones (excluding diaryl/α,β-unsaturated/α-hetero) is 1. The van der Waals surface area contributed by atoms with Crippen molar-refractivity contribution in [2.24, 2.45) is 0 Å². The Bertz CT molecular complexity index is 845. The summed E-state index contributed by atoms with van der Waals surface area (Å²) in [6, 6.07) is 8.85. The number of nitrogens with zero attached hydrogens (tertiary/aromatic N) is 1. The van der Waals surface area contributed by atoms with Gasteiger partial charge in [0.05, 0.1) is 17.0 Å². The van der Waals surface area contributed by atoms with Gasteiger partial charge in [0.2, 0.25) is 0 Å². The zero-order valence-electron chi connectivity index (χ0n) is 13.1. The van der Waals surface area contributed by atoms with Crippen molar-refractivity contribution in [3.8, 4) is 0 Å². The van der Waals surface area contributed by atoms with Gasteiger partial charge >= 0.3 is 0 Å². The molecule has 1 N–H and O–H groups in total. The van der Waals surface area contributed by atoms with Crippen LogP contribution in [0, 0.1) is 6.92 Å². The van der Waals surface area contributed by atoms with E-state index in [9.17, 15) is 14.7 Å². The average molecular weight is 406 g/mol. The first kappa shape index (κ1) is 17.1. The average Bonchev–Trinajstić information content (AvgIpc) is 3.05. The van der Waals surface area contributed by atoms with Gasteiger partial charge in [0.25, 0.3) is 5.91 Å². The molecule has 4 nitrogen and oxygen atoms in total. The summed E-state index contributed by atoms with van der Waals surface area (Å²) in [4.78, 5) is 28.4. The van der Waals surface area contributed by atoms with Crippen molar-refractivity contribution in [2.75, 3.05) is 11.4 Å². The Kier molecular flexibility index (Phi) is 4.46. The number of amides is 1. The molecule has 1 aliphatic heterocycles. The van der Waals surface area contributed by atoms with Crippen molar-refractivity contribution >= 4 is 44.6 Å². The second kappa shape index (κ2) is 6.27.